The van der Waals surface area contributed by atoms with Crippen LogP contribution in [0.4, 0.5) is 0 Å². The number of hydrogen-bond acceptors (Lipinski definition) is 4. The number of H-pyrrole nitrogens is 1. The fourth-order valence-corrected chi connectivity index (χ4v) is 5.27. The number of pyridine rings is 1. The number of nitrogens with one attached hydrogen (secondary N) is 2. The van der Waals surface area contributed by atoms with Crippen molar-refractivity contribution in [2.75, 3.05) is 0 Å². The van der Waals surface area contributed by atoms with Crippen molar-refractivity contribution in [2.24, 2.45) is 0 Å². The van der Waals surface area contributed by atoms with Gasteiger partial charge in [0.05, 0.1) is 23.3 Å². The SMILES string of the molecule is O=C(NC1c2ccccc2-c2c(-c3nc4ccncc4[nH]3)cccc21)c1cccc2cc(O)ccc12. The molecule has 36 heavy (non-hydrogen) atoms. The molecule has 0 saturated heterocycles. The lowest BCUT2D eigenvalue weighted by molar-refractivity contribution is 0.0945. The van der Waals surface area contributed by atoms with E-state index in [-0.39, 0.29) is 17.7 Å². The normalized spacial score (nSPS) is 14.1. The zero-order valence-corrected chi connectivity index (χ0v) is 19.1. The van der Waals surface area contributed by atoms with Gasteiger partial charge in [-0.25, -0.2) is 4.98 Å². The largest absolute Gasteiger partial charge is 0.508 e. The standard InChI is InChI=1S/C30H20N4O2/c35-18-11-12-19-17(15-18)5-3-8-22(19)30(36)34-28-21-7-2-1-6-20(21)27-23(28)9-4-10-24(27)29-32-25-13-14-31-16-26(25)33-29/h1-16,28,35H,(H,32,33)(H,34,36). The Morgan fingerprint density at radius 3 is 2.64 bits per heavy atom. The van der Waals surface area contributed by atoms with Crippen LogP contribution < -0.4 is 5.32 Å². The van der Waals surface area contributed by atoms with Crippen molar-refractivity contribution < 1.29 is 9.90 Å². The number of imidazole rings is 1. The molecule has 7 rings (SSSR count). The first kappa shape index (κ1) is 20.4. The molecular formula is C30H20N4O2. The van der Waals surface area contributed by atoms with E-state index >= 15 is 0 Å². The van der Waals surface area contributed by atoms with Gasteiger partial charge in [-0.3, -0.25) is 9.78 Å². The molecule has 6 nitrogen and oxygen atoms in total. The minimum Gasteiger partial charge on any atom is -0.508 e. The maximum atomic E-state index is 13.6. The minimum atomic E-state index is -0.304. The summed E-state index contributed by atoms with van der Waals surface area (Å²) in [6.07, 6.45) is 3.51. The summed E-state index contributed by atoms with van der Waals surface area (Å²) in [6, 6.07) is 26.5. The summed E-state index contributed by atoms with van der Waals surface area (Å²) in [5.41, 5.74) is 7.50. The minimum absolute atomic E-state index is 0.167. The van der Waals surface area contributed by atoms with Gasteiger partial charge in [-0.15, -0.1) is 0 Å². The van der Waals surface area contributed by atoms with Gasteiger partial charge in [0.1, 0.15) is 11.6 Å². The molecule has 0 aliphatic heterocycles. The molecule has 1 unspecified atom stereocenters. The van der Waals surface area contributed by atoms with Crippen LogP contribution in [0, 0.1) is 0 Å². The van der Waals surface area contributed by atoms with Gasteiger partial charge in [0.25, 0.3) is 5.91 Å². The van der Waals surface area contributed by atoms with Crippen molar-refractivity contribution >= 4 is 27.7 Å². The van der Waals surface area contributed by atoms with E-state index in [1.54, 1.807) is 30.6 Å². The smallest absolute Gasteiger partial charge is 0.252 e. The zero-order chi connectivity index (χ0) is 24.2. The summed E-state index contributed by atoms with van der Waals surface area (Å²) in [5.74, 6) is 0.775. The molecule has 3 N–H and O–H groups in total. The van der Waals surface area contributed by atoms with Crippen molar-refractivity contribution in [1.82, 2.24) is 20.3 Å². The predicted molar refractivity (Wildman–Crippen MR) is 140 cm³/mol. The third-order valence-electron chi connectivity index (χ3n) is 6.87. The highest BCUT2D eigenvalue weighted by Gasteiger charge is 2.32. The molecule has 1 amide bonds. The summed E-state index contributed by atoms with van der Waals surface area (Å²) in [5, 5.41) is 14.8. The van der Waals surface area contributed by atoms with Crippen molar-refractivity contribution in [3.8, 4) is 28.3 Å². The van der Waals surface area contributed by atoms with E-state index in [0.29, 0.717) is 5.56 Å². The number of benzene rings is 4. The first-order valence-electron chi connectivity index (χ1n) is 11.7. The number of amides is 1. The second-order valence-corrected chi connectivity index (χ2v) is 8.95. The van der Waals surface area contributed by atoms with E-state index in [1.165, 1.54) is 0 Å². The van der Waals surface area contributed by atoms with E-state index < -0.39 is 0 Å². The number of aromatic hydroxyl groups is 1. The molecule has 1 atom stereocenters. The Kier molecular flexibility index (Phi) is 4.41. The zero-order valence-electron chi connectivity index (χ0n) is 19.1. The summed E-state index contributed by atoms with van der Waals surface area (Å²) in [7, 11) is 0. The number of aromatic nitrogens is 3. The molecule has 2 aromatic heterocycles. The van der Waals surface area contributed by atoms with Crippen molar-refractivity contribution in [1.29, 1.82) is 0 Å². The lowest BCUT2D eigenvalue weighted by atomic mass is 9.98. The van der Waals surface area contributed by atoms with Crippen LogP contribution in [0.1, 0.15) is 27.5 Å². The van der Waals surface area contributed by atoms with Gasteiger partial charge in [-0.2, -0.15) is 0 Å². The maximum absolute atomic E-state index is 13.6. The van der Waals surface area contributed by atoms with Crippen LogP contribution in [0.3, 0.4) is 0 Å². The second-order valence-electron chi connectivity index (χ2n) is 8.95. The van der Waals surface area contributed by atoms with E-state index in [0.717, 1.165) is 55.4 Å². The molecule has 0 fully saturated rings. The summed E-state index contributed by atoms with van der Waals surface area (Å²) >= 11 is 0. The molecule has 2 heterocycles. The van der Waals surface area contributed by atoms with Gasteiger partial charge in [0.2, 0.25) is 0 Å². The number of carbonyl (C=O) groups excluding carboxylic acids is 1. The van der Waals surface area contributed by atoms with Crippen molar-refractivity contribution in [2.45, 2.75) is 6.04 Å². The highest BCUT2D eigenvalue weighted by atomic mass is 16.3. The van der Waals surface area contributed by atoms with Crippen molar-refractivity contribution in [3.63, 3.8) is 0 Å². The van der Waals surface area contributed by atoms with E-state index in [2.05, 4.69) is 39.6 Å². The van der Waals surface area contributed by atoms with Gasteiger partial charge < -0.3 is 15.4 Å². The number of hydrogen-bond donors (Lipinski definition) is 3. The van der Waals surface area contributed by atoms with Gasteiger partial charge in [-0.1, -0.05) is 54.6 Å². The van der Waals surface area contributed by atoms with Crippen LogP contribution in [0.2, 0.25) is 0 Å². The van der Waals surface area contributed by atoms with Gasteiger partial charge in [-0.05, 0) is 63.4 Å². The number of nitrogens with zero attached hydrogens (tertiary/aromatic N) is 2. The predicted octanol–water partition coefficient (Wildman–Crippen LogP) is 5.98. The topological polar surface area (TPSA) is 90.9 Å². The Balaban J connectivity index is 1.35. The van der Waals surface area contributed by atoms with Crippen LogP contribution in [-0.4, -0.2) is 26.0 Å². The number of rotatable bonds is 3. The fourth-order valence-electron chi connectivity index (χ4n) is 5.27. The summed E-state index contributed by atoms with van der Waals surface area (Å²) in [6.45, 7) is 0. The number of phenolic OH excluding ortho intramolecular Hbond substituents is 1. The van der Waals surface area contributed by atoms with Crippen LogP contribution >= 0.6 is 0 Å². The monoisotopic (exact) mass is 468 g/mol. The fraction of sp³-hybridized carbons (Fsp3) is 0.0333. The summed E-state index contributed by atoms with van der Waals surface area (Å²) < 4.78 is 0. The molecule has 0 spiro atoms. The third-order valence-corrected chi connectivity index (χ3v) is 6.87. The van der Waals surface area contributed by atoms with E-state index in [4.69, 9.17) is 4.98 Å². The Labute approximate surface area is 206 Å². The van der Waals surface area contributed by atoms with Crippen LogP contribution in [0.5, 0.6) is 5.75 Å². The van der Waals surface area contributed by atoms with Crippen LogP contribution in [0.25, 0.3) is 44.3 Å². The molecule has 6 aromatic rings. The van der Waals surface area contributed by atoms with Gasteiger partial charge in [0.15, 0.2) is 0 Å². The molecular weight excluding hydrogens is 448 g/mol. The number of phenols is 1. The van der Waals surface area contributed by atoms with Crippen LogP contribution in [-0.2, 0) is 0 Å². The highest BCUT2D eigenvalue weighted by Crippen LogP contribution is 2.47. The lowest BCUT2D eigenvalue weighted by Gasteiger charge is -2.17. The molecule has 1 aliphatic rings. The number of carbonyl (C=O) groups is 1. The van der Waals surface area contributed by atoms with E-state index in [9.17, 15) is 9.90 Å². The molecule has 0 bridgehead atoms. The quantitative estimate of drug-likeness (QED) is 0.298. The van der Waals surface area contributed by atoms with Gasteiger partial charge >= 0.3 is 0 Å². The first-order valence-corrected chi connectivity index (χ1v) is 11.7. The Hall–Kier alpha value is -4.97. The van der Waals surface area contributed by atoms with E-state index in [1.807, 2.05) is 42.5 Å². The first-order chi connectivity index (χ1) is 17.7. The lowest BCUT2D eigenvalue weighted by Crippen LogP contribution is -2.28. The number of aromatic amines is 1. The average Bonchev–Trinajstić information content (AvgIpc) is 3.48. The molecule has 4 aromatic carbocycles. The molecule has 6 heteroatoms. The number of fused-ring (bicyclic) bond motifs is 5. The summed E-state index contributed by atoms with van der Waals surface area (Å²) in [4.78, 5) is 26.0. The van der Waals surface area contributed by atoms with Crippen molar-refractivity contribution in [3.05, 3.63) is 114 Å². The highest BCUT2D eigenvalue weighted by molar-refractivity contribution is 6.08. The maximum Gasteiger partial charge on any atom is 0.252 e. The van der Waals surface area contributed by atoms with Crippen LogP contribution in [0.15, 0.2) is 97.3 Å². The Morgan fingerprint density at radius 1 is 0.889 bits per heavy atom. The molecule has 0 saturated carbocycles. The average molecular weight is 469 g/mol. The Bertz CT molecular complexity index is 1790. The van der Waals surface area contributed by atoms with Gasteiger partial charge in [0, 0.05) is 17.3 Å². The molecule has 1 aliphatic carbocycles. The Morgan fingerprint density at radius 2 is 1.72 bits per heavy atom. The molecule has 0 radical (unpaired) electrons. The molecule has 172 valence electrons. The third kappa shape index (κ3) is 3.08. The second kappa shape index (κ2) is 7.78.